The molecular weight excluding hydrogens is 218 g/mol. The van der Waals surface area contributed by atoms with Crippen LogP contribution >= 0.6 is 0 Å². The maximum absolute atomic E-state index is 11.2. The molecule has 1 saturated carbocycles. The highest BCUT2D eigenvalue weighted by atomic mass is 16.5. The van der Waals surface area contributed by atoms with E-state index >= 15 is 0 Å². The van der Waals surface area contributed by atoms with Gasteiger partial charge in [-0.25, -0.2) is 0 Å². The molecule has 1 aliphatic carbocycles. The minimum atomic E-state index is -0.827. The molecule has 0 spiro atoms. The molecular formula is C13H25NO3. The van der Waals surface area contributed by atoms with E-state index in [4.69, 9.17) is 4.74 Å². The summed E-state index contributed by atoms with van der Waals surface area (Å²) in [5.41, 5.74) is -0.827. The van der Waals surface area contributed by atoms with E-state index in [2.05, 4.69) is 12.2 Å². The molecule has 1 rings (SSSR count). The van der Waals surface area contributed by atoms with E-state index in [1.165, 1.54) is 12.8 Å². The Morgan fingerprint density at radius 2 is 2.12 bits per heavy atom. The van der Waals surface area contributed by atoms with Gasteiger partial charge < -0.3 is 9.84 Å². The van der Waals surface area contributed by atoms with Crippen molar-refractivity contribution in [3.8, 4) is 0 Å². The quantitative estimate of drug-likeness (QED) is 0.577. The third kappa shape index (κ3) is 5.50. The highest BCUT2D eigenvalue weighted by Crippen LogP contribution is 2.24. The van der Waals surface area contributed by atoms with Crippen LogP contribution in [0.4, 0.5) is 0 Å². The molecule has 0 aromatic rings. The summed E-state index contributed by atoms with van der Waals surface area (Å²) >= 11 is 0. The molecule has 0 saturated heterocycles. The SMILES string of the molecule is CCCCCOCCC(C)(NC1CC1)C(=O)O. The van der Waals surface area contributed by atoms with Crippen LogP contribution in [0, 0.1) is 0 Å². The molecule has 2 N–H and O–H groups in total. The summed E-state index contributed by atoms with van der Waals surface area (Å²) in [6, 6.07) is 0.399. The monoisotopic (exact) mass is 243 g/mol. The summed E-state index contributed by atoms with van der Waals surface area (Å²) in [5.74, 6) is -0.776. The average molecular weight is 243 g/mol. The second-order valence-corrected chi connectivity index (χ2v) is 5.13. The molecule has 0 bridgehead atoms. The van der Waals surface area contributed by atoms with Gasteiger partial charge in [0.1, 0.15) is 5.54 Å². The summed E-state index contributed by atoms with van der Waals surface area (Å²) in [6.45, 7) is 5.17. The lowest BCUT2D eigenvalue weighted by molar-refractivity contribution is -0.145. The highest BCUT2D eigenvalue weighted by molar-refractivity contribution is 5.78. The lowest BCUT2D eigenvalue weighted by Gasteiger charge is -2.26. The van der Waals surface area contributed by atoms with E-state index in [0.717, 1.165) is 25.9 Å². The van der Waals surface area contributed by atoms with Crippen LogP contribution in [-0.2, 0) is 9.53 Å². The summed E-state index contributed by atoms with van der Waals surface area (Å²) in [7, 11) is 0. The fourth-order valence-corrected chi connectivity index (χ4v) is 1.75. The molecule has 100 valence electrons. The Morgan fingerprint density at radius 1 is 1.41 bits per heavy atom. The number of carboxylic acids is 1. The van der Waals surface area contributed by atoms with Crippen molar-refractivity contribution in [2.24, 2.45) is 0 Å². The Hall–Kier alpha value is -0.610. The van der Waals surface area contributed by atoms with Crippen LogP contribution in [0.1, 0.15) is 52.4 Å². The minimum Gasteiger partial charge on any atom is -0.480 e. The number of hydrogen-bond donors (Lipinski definition) is 2. The lowest BCUT2D eigenvalue weighted by atomic mass is 9.98. The molecule has 0 aromatic carbocycles. The summed E-state index contributed by atoms with van der Waals surface area (Å²) < 4.78 is 5.48. The smallest absolute Gasteiger partial charge is 0.323 e. The molecule has 17 heavy (non-hydrogen) atoms. The van der Waals surface area contributed by atoms with E-state index in [-0.39, 0.29) is 0 Å². The Morgan fingerprint density at radius 3 is 2.65 bits per heavy atom. The second kappa shape index (κ2) is 6.97. The van der Waals surface area contributed by atoms with Crippen molar-refractivity contribution in [3.05, 3.63) is 0 Å². The largest absolute Gasteiger partial charge is 0.480 e. The van der Waals surface area contributed by atoms with Crippen molar-refractivity contribution in [1.82, 2.24) is 5.32 Å². The van der Waals surface area contributed by atoms with Crippen LogP contribution in [0.3, 0.4) is 0 Å². The number of carbonyl (C=O) groups is 1. The summed E-state index contributed by atoms with van der Waals surface area (Å²) in [6.07, 6.45) is 6.15. The molecule has 1 fully saturated rings. The van der Waals surface area contributed by atoms with Gasteiger partial charge in [-0.2, -0.15) is 0 Å². The zero-order valence-electron chi connectivity index (χ0n) is 11.0. The number of unbranched alkanes of at least 4 members (excludes halogenated alkanes) is 2. The molecule has 0 heterocycles. The van der Waals surface area contributed by atoms with Crippen molar-refractivity contribution < 1.29 is 14.6 Å². The molecule has 0 aliphatic heterocycles. The first-order valence-electron chi connectivity index (χ1n) is 6.67. The normalized spacial score (nSPS) is 18.9. The molecule has 0 radical (unpaired) electrons. The fraction of sp³-hybridized carbons (Fsp3) is 0.923. The number of carboxylic acid groups (broad SMARTS) is 1. The molecule has 4 heteroatoms. The third-order valence-electron chi connectivity index (χ3n) is 3.21. The van der Waals surface area contributed by atoms with Gasteiger partial charge in [-0.15, -0.1) is 0 Å². The fourth-order valence-electron chi connectivity index (χ4n) is 1.75. The van der Waals surface area contributed by atoms with Gasteiger partial charge in [0.15, 0.2) is 0 Å². The first kappa shape index (κ1) is 14.5. The standard InChI is InChI=1S/C13H25NO3/c1-3-4-5-9-17-10-8-13(2,12(15)16)14-11-6-7-11/h11,14H,3-10H2,1-2H3,(H,15,16). The zero-order valence-corrected chi connectivity index (χ0v) is 11.0. The maximum Gasteiger partial charge on any atom is 0.323 e. The number of nitrogens with one attached hydrogen (secondary N) is 1. The van der Waals surface area contributed by atoms with Gasteiger partial charge in [0.05, 0.1) is 0 Å². The maximum atomic E-state index is 11.2. The Bertz CT molecular complexity index is 241. The van der Waals surface area contributed by atoms with Crippen molar-refractivity contribution >= 4 is 5.97 Å². The predicted molar refractivity (Wildman–Crippen MR) is 67.2 cm³/mol. The Balaban J connectivity index is 2.17. The van der Waals surface area contributed by atoms with Crippen molar-refractivity contribution in [2.45, 2.75) is 64.0 Å². The molecule has 0 aromatic heterocycles. The average Bonchev–Trinajstić information content (AvgIpc) is 3.07. The number of aliphatic carboxylic acids is 1. The summed E-state index contributed by atoms with van der Waals surface area (Å²) in [4.78, 5) is 11.2. The third-order valence-corrected chi connectivity index (χ3v) is 3.21. The van der Waals surface area contributed by atoms with Gasteiger partial charge in [0.2, 0.25) is 0 Å². The summed E-state index contributed by atoms with van der Waals surface area (Å²) in [5, 5.41) is 12.4. The lowest BCUT2D eigenvalue weighted by Crippen LogP contribution is -2.51. The van der Waals surface area contributed by atoms with Gasteiger partial charge in [-0.1, -0.05) is 19.8 Å². The second-order valence-electron chi connectivity index (χ2n) is 5.13. The van der Waals surface area contributed by atoms with Gasteiger partial charge in [0, 0.05) is 19.3 Å². The van der Waals surface area contributed by atoms with E-state index in [9.17, 15) is 9.90 Å². The molecule has 4 nitrogen and oxygen atoms in total. The van der Waals surface area contributed by atoms with Gasteiger partial charge in [0.25, 0.3) is 0 Å². The first-order chi connectivity index (χ1) is 8.08. The number of rotatable bonds is 10. The van der Waals surface area contributed by atoms with Crippen LogP contribution in [0.15, 0.2) is 0 Å². The molecule has 1 aliphatic rings. The zero-order chi connectivity index (χ0) is 12.7. The highest BCUT2D eigenvalue weighted by Gasteiger charge is 2.38. The van der Waals surface area contributed by atoms with Crippen LogP contribution in [0.2, 0.25) is 0 Å². The number of ether oxygens (including phenoxy) is 1. The van der Waals surface area contributed by atoms with E-state index in [0.29, 0.717) is 19.1 Å². The van der Waals surface area contributed by atoms with E-state index in [1.807, 2.05) is 0 Å². The Kier molecular flexibility index (Phi) is 5.92. The molecule has 0 amide bonds. The topological polar surface area (TPSA) is 58.6 Å². The van der Waals surface area contributed by atoms with Gasteiger partial charge >= 0.3 is 5.97 Å². The Labute approximate surface area is 104 Å². The van der Waals surface area contributed by atoms with Crippen LogP contribution in [0.5, 0.6) is 0 Å². The number of hydrogen-bond acceptors (Lipinski definition) is 3. The van der Waals surface area contributed by atoms with E-state index in [1.54, 1.807) is 6.92 Å². The first-order valence-corrected chi connectivity index (χ1v) is 6.67. The van der Waals surface area contributed by atoms with Crippen LogP contribution in [0.25, 0.3) is 0 Å². The van der Waals surface area contributed by atoms with Crippen LogP contribution < -0.4 is 5.32 Å². The van der Waals surface area contributed by atoms with Crippen molar-refractivity contribution in [3.63, 3.8) is 0 Å². The molecule has 1 unspecified atom stereocenters. The van der Waals surface area contributed by atoms with Crippen molar-refractivity contribution in [1.29, 1.82) is 0 Å². The van der Waals surface area contributed by atoms with Gasteiger partial charge in [-0.3, -0.25) is 10.1 Å². The minimum absolute atomic E-state index is 0.399. The predicted octanol–water partition coefficient (Wildman–Crippen LogP) is 2.18. The van der Waals surface area contributed by atoms with E-state index < -0.39 is 11.5 Å². The van der Waals surface area contributed by atoms with Crippen molar-refractivity contribution in [2.75, 3.05) is 13.2 Å². The molecule has 1 atom stereocenters. The van der Waals surface area contributed by atoms with Gasteiger partial charge in [-0.05, 0) is 32.6 Å². The van der Waals surface area contributed by atoms with Crippen LogP contribution in [-0.4, -0.2) is 35.9 Å².